The van der Waals surface area contributed by atoms with Crippen molar-refractivity contribution in [3.05, 3.63) is 33.9 Å². The lowest BCUT2D eigenvalue weighted by Crippen LogP contribution is -2.48. The first-order chi connectivity index (χ1) is 9.08. The van der Waals surface area contributed by atoms with Crippen LogP contribution in [0.2, 0.25) is 0 Å². The maximum Gasteiger partial charge on any atom is 0.282 e. The van der Waals surface area contributed by atoms with E-state index >= 15 is 0 Å². The number of nitro benzene ring substituents is 1. The van der Waals surface area contributed by atoms with Crippen LogP contribution in [0.1, 0.15) is 10.4 Å². The largest absolute Gasteiger partial charge is 0.508 e. The molecule has 2 rings (SSSR count). The van der Waals surface area contributed by atoms with E-state index in [1.807, 2.05) is 0 Å². The molecule has 2 N–H and O–H groups in total. The molecule has 0 aliphatic carbocycles. The van der Waals surface area contributed by atoms with Crippen molar-refractivity contribution >= 4 is 11.6 Å². The predicted molar refractivity (Wildman–Crippen MR) is 64.6 cm³/mol. The first kappa shape index (κ1) is 13.2. The number of phenolic OH excluding ortho intramolecular Hbond substituents is 1. The number of hydrazine groups is 1. The molecule has 0 atom stereocenters. The predicted octanol–water partition coefficient (Wildman–Crippen LogP) is 0.277. The van der Waals surface area contributed by atoms with Gasteiger partial charge >= 0.3 is 0 Å². The summed E-state index contributed by atoms with van der Waals surface area (Å²) in [4.78, 5) is 22.2. The van der Waals surface area contributed by atoms with Crippen LogP contribution in [0.3, 0.4) is 0 Å². The van der Waals surface area contributed by atoms with E-state index in [-0.39, 0.29) is 17.0 Å². The highest BCUT2D eigenvalue weighted by atomic mass is 16.6. The summed E-state index contributed by atoms with van der Waals surface area (Å²) < 4.78 is 5.13. The van der Waals surface area contributed by atoms with E-state index < -0.39 is 10.8 Å². The molecule has 0 bridgehead atoms. The van der Waals surface area contributed by atoms with E-state index in [0.29, 0.717) is 26.3 Å². The molecular weight excluding hydrogens is 254 g/mol. The first-order valence-corrected chi connectivity index (χ1v) is 5.69. The highest BCUT2D eigenvalue weighted by Gasteiger charge is 2.23. The Kier molecular flexibility index (Phi) is 3.93. The van der Waals surface area contributed by atoms with Crippen LogP contribution >= 0.6 is 0 Å². The Morgan fingerprint density at radius 3 is 2.74 bits per heavy atom. The minimum Gasteiger partial charge on any atom is -0.508 e. The van der Waals surface area contributed by atoms with Crippen LogP contribution in [0.4, 0.5) is 5.69 Å². The number of hydrogen-bond acceptors (Lipinski definition) is 6. The van der Waals surface area contributed by atoms with Gasteiger partial charge in [-0.2, -0.15) is 0 Å². The van der Waals surface area contributed by atoms with Crippen molar-refractivity contribution in [2.75, 3.05) is 26.3 Å². The van der Waals surface area contributed by atoms with Crippen molar-refractivity contribution in [2.24, 2.45) is 0 Å². The molecule has 1 fully saturated rings. The Bertz CT molecular complexity index is 499. The third kappa shape index (κ3) is 3.18. The molecule has 0 saturated carbocycles. The number of morpholine rings is 1. The average molecular weight is 267 g/mol. The van der Waals surface area contributed by atoms with Crippen molar-refractivity contribution in [3.63, 3.8) is 0 Å². The number of benzene rings is 1. The minimum atomic E-state index is -0.659. The second-order valence-corrected chi connectivity index (χ2v) is 4.00. The third-order valence-electron chi connectivity index (χ3n) is 2.69. The molecule has 1 aromatic rings. The normalized spacial score (nSPS) is 16.0. The van der Waals surface area contributed by atoms with Gasteiger partial charge in [0.25, 0.3) is 11.6 Å². The molecule has 1 heterocycles. The van der Waals surface area contributed by atoms with Crippen LogP contribution in [0.5, 0.6) is 5.75 Å². The minimum absolute atomic E-state index is 0.170. The van der Waals surface area contributed by atoms with Gasteiger partial charge in [-0.3, -0.25) is 20.3 Å². The van der Waals surface area contributed by atoms with Gasteiger partial charge in [0, 0.05) is 19.2 Å². The van der Waals surface area contributed by atoms with Crippen LogP contribution in [-0.4, -0.2) is 47.2 Å². The molecule has 19 heavy (non-hydrogen) atoms. The standard InChI is InChI=1S/C11H13N3O5/c15-8-1-2-10(14(17)18)9(7-8)11(16)12-13-3-5-19-6-4-13/h1-2,7,15H,3-6H2,(H,12,16). The zero-order chi connectivity index (χ0) is 13.8. The summed E-state index contributed by atoms with van der Waals surface area (Å²) in [7, 11) is 0. The van der Waals surface area contributed by atoms with Crippen LogP contribution < -0.4 is 5.43 Å². The maximum atomic E-state index is 12.0. The summed E-state index contributed by atoms with van der Waals surface area (Å²) >= 11 is 0. The molecule has 1 aliphatic heterocycles. The molecule has 0 radical (unpaired) electrons. The fourth-order valence-electron chi connectivity index (χ4n) is 1.74. The van der Waals surface area contributed by atoms with Gasteiger partial charge in [-0.1, -0.05) is 0 Å². The fraction of sp³-hybridized carbons (Fsp3) is 0.364. The lowest BCUT2D eigenvalue weighted by atomic mass is 10.1. The second kappa shape index (κ2) is 5.63. The van der Waals surface area contributed by atoms with Crippen LogP contribution in [-0.2, 0) is 4.74 Å². The molecule has 8 nitrogen and oxygen atoms in total. The highest BCUT2D eigenvalue weighted by Crippen LogP contribution is 2.23. The Hall–Kier alpha value is -2.19. The first-order valence-electron chi connectivity index (χ1n) is 5.69. The number of nitrogens with zero attached hydrogens (tertiary/aromatic N) is 2. The van der Waals surface area contributed by atoms with Crippen LogP contribution in [0.15, 0.2) is 18.2 Å². The van der Waals surface area contributed by atoms with Crippen molar-refractivity contribution in [1.29, 1.82) is 0 Å². The van der Waals surface area contributed by atoms with Gasteiger partial charge in [-0.25, -0.2) is 5.01 Å². The van der Waals surface area contributed by atoms with Crippen molar-refractivity contribution in [2.45, 2.75) is 0 Å². The smallest absolute Gasteiger partial charge is 0.282 e. The number of amides is 1. The number of nitrogens with one attached hydrogen (secondary N) is 1. The van der Waals surface area contributed by atoms with Crippen LogP contribution in [0, 0.1) is 10.1 Å². The topological polar surface area (TPSA) is 105 Å². The summed E-state index contributed by atoms with van der Waals surface area (Å²) in [5, 5.41) is 21.8. The number of ether oxygens (including phenoxy) is 1. The number of rotatable bonds is 3. The van der Waals surface area contributed by atoms with Gasteiger partial charge in [0.1, 0.15) is 11.3 Å². The van der Waals surface area contributed by atoms with E-state index in [1.54, 1.807) is 5.01 Å². The number of aromatic hydroxyl groups is 1. The van der Waals surface area contributed by atoms with Crippen molar-refractivity contribution in [3.8, 4) is 5.75 Å². The second-order valence-electron chi connectivity index (χ2n) is 4.00. The van der Waals surface area contributed by atoms with Gasteiger partial charge in [0.05, 0.1) is 18.1 Å². The molecule has 1 aromatic carbocycles. The quantitative estimate of drug-likeness (QED) is 0.602. The van der Waals surface area contributed by atoms with E-state index in [2.05, 4.69) is 5.43 Å². The lowest BCUT2D eigenvalue weighted by Gasteiger charge is -2.26. The van der Waals surface area contributed by atoms with Gasteiger partial charge in [-0.15, -0.1) is 0 Å². The number of carbonyl (C=O) groups is 1. The molecule has 8 heteroatoms. The number of phenols is 1. The van der Waals surface area contributed by atoms with Crippen molar-refractivity contribution in [1.82, 2.24) is 10.4 Å². The van der Waals surface area contributed by atoms with Gasteiger partial charge in [-0.05, 0) is 12.1 Å². The molecule has 0 spiro atoms. The SMILES string of the molecule is O=C(NN1CCOCC1)c1cc(O)ccc1[N+](=O)[O-]. The molecule has 0 aromatic heterocycles. The molecule has 102 valence electrons. The van der Waals surface area contributed by atoms with E-state index in [1.165, 1.54) is 6.07 Å². The van der Waals surface area contributed by atoms with Crippen molar-refractivity contribution < 1.29 is 19.6 Å². The summed E-state index contributed by atoms with van der Waals surface area (Å²) in [5.74, 6) is -0.817. The summed E-state index contributed by atoms with van der Waals surface area (Å²) in [6, 6.07) is 3.35. The molecular formula is C11H13N3O5. The summed E-state index contributed by atoms with van der Waals surface area (Å²) in [6.45, 7) is 2.00. The zero-order valence-corrected chi connectivity index (χ0v) is 10.0. The zero-order valence-electron chi connectivity index (χ0n) is 10.0. The maximum absolute atomic E-state index is 12.0. The fourth-order valence-corrected chi connectivity index (χ4v) is 1.74. The monoisotopic (exact) mass is 267 g/mol. The Morgan fingerprint density at radius 1 is 1.42 bits per heavy atom. The summed E-state index contributed by atoms with van der Waals surface area (Å²) in [6.07, 6.45) is 0. The Balaban J connectivity index is 2.17. The lowest BCUT2D eigenvalue weighted by molar-refractivity contribution is -0.385. The van der Waals surface area contributed by atoms with Crippen LogP contribution in [0.25, 0.3) is 0 Å². The molecule has 0 unspecified atom stereocenters. The molecule has 1 saturated heterocycles. The van der Waals surface area contributed by atoms with Gasteiger partial charge in [0.2, 0.25) is 0 Å². The Labute approximate surface area is 108 Å². The molecule has 1 amide bonds. The molecule has 1 aliphatic rings. The number of hydrogen-bond donors (Lipinski definition) is 2. The highest BCUT2D eigenvalue weighted by molar-refractivity contribution is 5.98. The van der Waals surface area contributed by atoms with Gasteiger partial charge in [0.15, 0.2) is 0 Å². The van der Waals surface area contributed by atoms with E-state index in [9.17, 15) is 20.0 Å². The third-order valence-corrected chi connectivity index (χ3v) is 2.69. The summed E-state index contributed by atoms with van der Waals surface area (Å²) in [5.41, 5.74) is 2.04. The van der Waals surface area contributed by atoms with E-state index in [0.717, 1.165) is 12.1 Å². The number of carbonyl (C=O) groups excluding carboxylic acids is 1. The number of nitro groups is 1. The van der Waals surface area contributed by atoms with E-state index in [4.69, 9.17) is 4.74 Å². The Morgan fingerprint density at radius 2 is 2.11 bits per heavy atom. The average Bonchev–Trinajstić information content (AvgIpc) is 2.39. The van der Waals surface area contributed by atoms with Gasteiger partial charge < -0.3 is 9.84 Å².